The summed E-state index contributed by atoms with van der Waals surface area (Å²) in [6.07, 6.45) is 1.85. The van der Waals surface area contributed by atoms with E-state index in [0.29, 0.717) is 0 Å². The Hall–Kier alpha value is -1.46. The lowest BCUT2D eigenvalue weighted by molar-refractivity contribution is 0.810. The monoisotopic (exact) mass is 248 g/mol. The predicted molar refractivity (Wildman–Crippen MR) is 71.2 cm³/mol. The highest BCUT2D eigenvalue weighted by Gasteiger charge is 2.05. The van der Waals surface area contributed by atoms with E-state index in [1.807, 2.05) is 31.9 Å². The van der Waals surface area contributed by atoms with Crippen LogP contribution in [0.1, 0.15) is 11.3 Å². The van der Waals surface area contributed by atoms with Crippen molar-refractivity contribution in [3.8, 4) is 0 Å². The van der Waals surface area contributed by atoms with Crippen LogP contribution in [-0.4, -0.2) is 24.1 Å². The zero-order valence-electron chi connectivity index (χ0n) is 10.1. The Bertz CT molecular complexity index is 455. The third kappa shape index (κ3) is 3.25. The van der Waals surface area contributed by atoms with Gasteiger partial charge in [-0.05, 0) is 24.7 Å². The van der Waals surface area contributed by atoms with Gasteiger partial charge >= 0.3 is 0 Å². The summed E-state index contributed by atoms with van der Waals surface area (Å²) in [7, 11) is 3.98. The molecule has 2 aromatic rings. The van der Waals surface area contributed by atoms with Gasteiger partial charge < -0.3 is 10.2 Å². The smallest absolute Gasteiger partial charge is 0.128 e. The number of thiazole rings is 1. The Morgan fingerprint density at radius 3 is 3.00 bits per heavy atom. The fourth-order valence-corrected chi connectivity index (χ4v) is 2.17. The van der Waals surface area contributed by atoms with E-state index < -0.39 is 0 Å². The average molecular weight is 248 g/mol. The van der Waals surface area contributed by atoms with Gasteiger partial charge in [-0.15, -0.1) is 11.3 Å². The van der Waals surface area contributed by atoms with E-state index in [-0.39, 0.29) is 0 Å². The minimum Gasteiger partial charge on any atom is -0.354 e. The van der Waals surface area contributed by atoms with Crippen LogP contribution in [0.15, 0.2) is 29.2 Å². The van der Waals surface area contributed by atoms with Crippen molar-refractivity contribution in [3.63, 3.8) is 0 Å². The molecule has 90 valence electrons. The third-order valence-corrected chi connectivity index (χ3v) is 3.10. The molecular formula is C12H16N4S. The number of nitrogens with one attached hydrogen (secondary N) is 1. The SMILES string of the molecule is CNCc1ccnc(N(C)Cc2cscn2)c1. The number of pyridine rings is 1. The van der Waals surface area contributed by atoms with Crippen LogP contribution in [0, 0.1) is 0 Å². The third-order valence-electron chi connectivity index (χ3n) is 2.46. The Morgan fingerprint density at radius 1 is 1.41 bits per heavy atom. The molecule has 2 heterocycles. The molecule has 0 saturated heterocycles. The minimum atomic E-state index is 0.791. The summed E-state index contributed by atoms with van der Waals surface area (Å²) < 4.78 is 0. The Morgan fingerprint density at radius 2 is 2.29 bits per heavy atom. The van der Waals surface area contributed by atoms with Crippen LogP contribution in [0.25, 0.3) is 0 Å². The Kier molecular flexibility index (Phi) is 4.06. The Labute approximate surface area is 105 Å². The highest BCUT2D eigenvalue weighted by atomic mass is 32.1. The molecule has 0 radical (unpaired) electrons. The van der Waals surface area contributed by atoms with Crippen molar-refractivity contribution >= 4 is 17.2 Å². The van der Waals surface area contributed by atoms with E-state index in [1.54, 1.807) is 11.3 Å². The van der Waals surface area contributed by atoms with Gasteiger partial charge in [-0.3, -0.25) is 0 Å². The second-order valence-electron chi connectivity index (χ2n) is 3.89. The topological polar surface area (TPSA) is 41.1 Å². The minimum absolute atomic E-state index is 0.791. The van der Waals surface area contributed by atoms with E-state index >= 15 is 0 Å². The van der Waals surface area contributed by atoms with Crippen molar-refractivity contribution in [2.45, 2.75) is 13.1 Å². The molecule has 5 heteroatoms. The number of rotatable bonds is 5. The molecule has 17 heavy (non-hydrogen) atoms. The second-order valence-corrected chi connectivity index (χ2v) is 4.61. The number of anilines is 1. The quantitative estimate of drug-likeness (QED) is 0.877. The molecule has 0 spiro atoms. The maximum absolute atomic E-state index is 4.38. The highest BCUT2D eigenvalue weighted by Crippen LogP contribution is 2.14. The van der Waals surface area contributed by atoms with Crippen molar-refractivity contribution in [3.05, 3.63) is 40.5 Å². The van der Waals surface area contributed by atoms with Gasteiger partial charge in [0.05, 0.1) is 17.7 Å². The van der Waals surface area contributed by atoms with Crippen LogP contribution in [0.3, 0.4) is 0 Å². The lowest BCUT2D eigenvalue weighted by Gasteiger charge is -2.17. The first-order valence-electron chi connectivity index (χ1n) is 5.47. The summed E-state index contributed by atoms with van der Waals surface area (Å²) in [5, 5.41) is 5.20. The molecule has 0 saturated carbocycles. The standard InChI is InChI=1S/C12H16N4S/c1-13-6-10-3-4-14-12(5-10)16(2)7-11-8-17-9-15-11/h3-5,8-9,13H,6-7H2,1-2H3. The van der Waals surface area contributed by atoms with Crippen LogP contribution in [0.2, 0.25) is 0 Å². The molecule has 0 bridgehead atoms. The number of hydrogen-bond acceptors (Lipinski definition) is 5. The Balaban J connectivity index is 2.07. The number of hydrogen-bond donors (Lipinski definition) is 1. The summed E-state index contributed by atoms with van der Waals surface area (Å²) in [6.45, 7) is 1.65. The molecule has 0 fully saturated rings. The van der Waals surface area contributed by atoms with E-state index in [2.05, 4.69) is 31.6 Å². The maximum Gasteiger partial charge on any atom is 0.128 e. The fraction of sp³-hybridized carbons (Fsp3) is 0.333. The normalized spacial score (nSPS) is 10.5. The van der Waals surface area contributed by atoms with Gasteiger partial charge in [0.1, 0.15) is 5.82 Å². The maximum atomic E-state index is 4.38. The molecule has 0 aliphatic heterocycles. The molecule has 1 N–H and O–H groups in total. The first-order chi connectivity index (χ1) is 8.29. The molecule has 0 aliphatic rings. The van der Waals surface area contributed by atoms with Gasteiger partial charge in [-0.1, -0.05) is 0 Å². The molecule has 0 atom stereocenters. The highest BCUT2D eigenvalue weighted by molar-refractivity contribution is 7.07. The van der Waals surface area contributed by atoms with E-state index in [9.17, 15) is 0 Å². The second kappa shape index (κ2) is 5.75. The van der Waals surface area contributed by atoms with E-state index in [1.165, 1.54) is 5.56 Å². The van der Waals surface area contributed by atoms with Gasteiger partial charge in [-0.25, -0.2) is 9.97 Å². The van der Waals surface area contributed by atoms with Crippen molar-refractivity contribution in [1.82, 2.24) is 15.3 Å². The average Bonchev–Trinajstić information content (AvgIpc) is 2.83. The molecule has 2 rings (SSSR count). The van der Waals surface area contributed by atoms with Gasteiger partial charge in [0.2, 0.25) is 0 Å². The van der Waals surface area contributed by atoms with Crippen molar-refractivity contribution in [1.29, 1.82) is 0 Å². The molecule has 2 aromatic heterocycles. The molecule has 0 aliphatic carbocycles. The van der Waals surface area contributed by atoms with Gasteiger partial charge in [-0.2, -0.15) is 0 Å². The summed E-state index contributed by atoms with van der Waals surface area (Å²) in [4.78, 5) is 10.8. The summed E-state index contributed by atoms with van der Waals surface area (Å²) in [5.74, 6) is 0.978. The summed E-state index contributed by atoms with van der Waals surface area (Å²) in [5.41, 5.74) is 4.18. The van der Waals surface area contributed by atoms with Crippen LogP contribution < -0.4 is 10.2 Å². The zero-order chi connectivity index (χ0) is 12.1. The lowest BCUT2D eigenvalue weighted by Crippen LogP contribution is -2.18. The van der Waals surface area contributed by atoms with E-state index in [0.717, 1.165) is 24.6 Å². The molecule has 4 nitrogen and oxygen atoms in total. The largest absolute Gasteiger partial charge is 0.354 e. The van der Waals surface area contributed by atoms with Crippen molar-refractivity contribution in [2.75, 3.05) is 19.0 Å². The van der Waals surface area contributed by atoms with Gasteiger partial charge in [0, 0.05) is 25.2 Å². The van der Waals surface area contributed by atoms with Crippen LogP contribution in [0.4, 0.5) is 5.82 Å². The first-order valence-corrected chi connectivity index (χ1v) is 6.41. The zero-order valence-corrected chi connectivity index (χ0v) is 10.9. The van der Waals surface area contributed by atoms with Crippen molar-refractivity contribution < 1.29 is 0 Å². The first kappa shape index (κ1) is 12.0. The summed E-state index contributed by atoms with van der Waals surface area (Å²) in [6, 6.07) is 4.12. The van der Waals surface area contributed by atoms with Crippen LogP contribution in [0.5, 0.6) is 0 Å². The van der Waals surface area contributed by atoms with Gasteiger partial charge in [0.15, 0.2) is 0 Å². The van der Waals surface area contributed by atoms with E-state index in [4.69, 9.17) is 0 Å². The number of nitrogens with zero attached hydrogens (tertiary/aromatic N) is 3. The molecule has 0 amide bonds. The lowest BCUT2D eigenvalue weighted by atomic mass is 10.2. The molecular weight excluding hydrogens is 232 g/mol. The predicted octanol–water partition coefficient (Wildman–Crippen LogP) is 1.89. The van der Waals surface area contributed by atoms with Crippen LogP contribution >= 0.6 is 11.3 Å². The summed E-state index contributed by atoms with van der Waals surface area (Å²) >= 11 is 1.62. The molecule has 0 unspecified atom stereocenters. The number of aromatic nitrogens is 2. The van der Waals surface area contributed by atoms with Crippen molar-refractivity contribution in [2.24, 2.45) is 0 Å². The van der Waals surface area contributed by atoms with Crippen LogP contribution in [-0.2, 0) is 13.1 Å². The molecule has 0 aromatic carbocycles. The fourth-order valence-electron chi connectivity index (χ4n) is 1.62. The van der Waals surface area contributed by atoms with Gasteiger partial charge in [0.25, 0.3) is 0 Å².